The quantitative estimate of drug-likeness (QED) is 0.178. The number of hydrogen-bond donors (Lipinski definition) is 2. The van der Waals surface area contributed by atoms with Crippen LogP contribution in [0.3, 0.4) is 0 Å². The molecule has 2 heterocycles. The third-order valence-corrected chi connectivity index (χ3v) is 23.1. The SMILES string of the molecule is CC1(C)OB(/C=C/c2cc(Br)ccc2O)OC1(C)C.OB1C=Cc2cc(Br)ccc2O1.PPPPPP.[Ir].[Y].[Y].[Y]. The Bertz CT molecular complexity index is 1100. The largest absolute Gasteiger partial charge is 0.552 e. The van der Waals surface area contributed by atoms with Crippen LogP contribution in [0.5, 0.6) is 11.5 Å². The van der Waals surface area contributed by atoms with E-state index < -0.39 is 14.2 Å². The summed E-state index contributed by atoms with van der Waals surface area (Å²) >= 11 is 6.73. The molecule has 41 heavy (non-hydrogen) atoms. The van der Waals surface area contributed by atoms with Gasteiger partial charge in [-0.2, -0.15) is 0 Å². The fourth-order valence-corrected chi connectivity index (χ4v) is 21.2. The van der Waals surface area contributed by atoms with Gasteiger partial charge in [-0.05, 0) is 70.1 Å². The van der Waals surface area contributed by atoms with Gasteiger partial charge in [0, 0.05) is 138 Å². The fraction of sp³-hybridized carbons (Fsp3) is 0.273. The number of benzene rings is 2. The Balaban J connectivity index is -0.000000570. The molecule has 0 saturated carbocycles. The van der Waals surface area contributed by atoms with E-state index in [4.69, 9.17) is 19.0 Å². The van der Waals surface area contributed by atoms with Crippen molar-refractivity contribution in [1.82, 2.24) is 0 Å². The van der Waals surface area contributed by atoms with Crippen molar-refractivity contribution in [2.45, 2.75) is 38.9 Å². The molecule has 218 valence electrons. The Hall–Kier alpha value is 5.03. The van der Waals surface area contributed by atoms with Gasteiger partial charge in [-0.1, -0.05) is 81.8 Å². The van der Waals surface area contributed by atoms with Crippen molar-refractivity contribution in [3.8, 4) is 11.5 Å². The maximum atomic E-state index is 9.76. The summed E-state index contributed by atoms with van der Waals surface area (Å²) in [6.45, 7) is 8.05. The van der Waals surface area contributed by atoms with Crippen molar-refractivity contribution in [3.63, 3.8) is 0 Å². The Morgan fingerprint density at radius 2 is 1.39 bits per heavy atom. The number of phenolic OH excluding ortho intramolecular Hbond substituents is 1. The number of fused-ring (bicyclic) bond motifs is 1. The third kappa shape index (κ3) is 18.6. The molecule has 1 fully saturated rings. The third-order valence-electron chi connectivity index (χ3n) is 5.56. The zero-order chi connectivity index (χ0) is 27.6. The van der Waals surface area contributed by atoms with Gasteiger partial charge in [0.1, 0.15) is 11.5 Å². The monoisotopic (exact) mass is 1200 g/mol. The van der Waals surface area contributed by atoms with Crippen molar-refractivity contribution >= 4 is 108 Å². The van der Waals surface area contributed by atoms with E-state index >= 15 is 0 Å². The van der Waals surface area contributed by atoms with E-state index in [1.807, 2.05) is 70.1 Å². The average Bonchev–Trinajstić information content (AvgIpc) is 3.05. The van der Waals surface area contributed by atoms with E-state index in [1.165, 1.54) is 15.9 Å². The van der Waals surface area contributed by atoms with Crippen LogP contribution in [-0.2, 0) is 128 Å². The van der Waals surface area contributed by atoms with Gasteiger partial charge < -0.3 is 24.1 Å². The van der Waals surface area contributed by atoms with Gasteiger partial charge in [-0.15, -0.1) is 17.9 Å². The molecule has 2 aliphatic heterocycles. The minimum absolute atomic E-state index is 0. The van der Waals surface area contributed by atoms with Gasteiger partial charge in [0.25, 0.3) is 0 Å². The summed E-state index contributed by atoms with van der Waals surface area (Å²) in [7, 11) is 9.02. The van der Waals surface area contributed by atoms with Gasteiger partial charge in [0.15, 0.2) is 0 Å². The maximum Gasteiger partial charge on any atom is 0.552 e. The fourth-order valence-electron chi connectivity index (χ4n) is 2.99. The van der Waals surface area contributed by atoms with Crippen molar-refractivity contribution in [3.05, 3.63) is 68.4 Å². The summed E-state index contributed by atoms with van der Waals surface area (Å²) in [6.07, 6.45) is 3.65. The summed E-state index contributed by atoms with van der Waals surface area (Å²) in [5.41, 5.74) is 1.02. The molecule has 0 spiro atoms. The smallest absolute Gasteiger partial charge is 0.532 e. The molecule has 0 aliphatic carbocycles. The molecule has 1 saturated heterocycles. The molecule has 2 aliphatic rings. The van der Waals surface area contributed by atoms with Crippen LogP contribution in [0.2, 0.25) is 0 Å². The number of hydrogen-bond acceptors (Lipinski definition) is 5. The van der Waals surface area contributed by atoms with Crippen LogP contribution < -0.4 is 4.65 Å². The molecule has 2 aromatic carbocycles. The van der Waals surface area contributed by atoms with Gasteiger partial charge in [0.05, 0.1) is 11.2 Å². The summed E-state index contributed by atoms with van der Waals surface area (Å²) < 4.78 is 18.8. The van der Waals surface area contributed by atoms with Crippen molar-refractivity contribution < 1.29 is 142 Å². The van der Waals surface area contributed by atoms with E-state index in [2.05, 4.69) is 49.7 Å². The second kappa shape index (κ2) is 25.9. The zero-order valence-corrected chi connectivity index (χ0v) is 43.4. The van der Waals surface area contributed by atoms with Gasteiger partial charge >= 0.3 is 14.2 Å². The van der Waals surface area contributed by atoms with E-state index in [-0.39, 0.29) is 135 Å². The maximum absolute atomic E-state index is 9.76. The standard InChI is InChI=1S/C14H18BBrO3.C8H6BBrO2.Ir.H8P6.3Y/c1-13(2)14(3,4)19-15(18-13)8-7-10-9-11(16)5-6-12(10)17;10-7-1-2-8-6(5-7)3-4-9(11)12-8;;1-3-5-6-4-2;;;/h5-9,17H,1-4H3;1-5,11H;;3-6H,1-2H2;;;/b8-7+;;;;;;. The molecule has 4 radical (unpaired) electrons. The number of aromatic hydroxyl groups is 1. The van der Waals surface area contributed by atoms with Crippen LogP contribution in [0.15, 0.2) is 57.3 Å². The normalized spacial score (nSPS) is 16.4. The van der Waals surface area contributed by atoms with Crippen LogP contribution in [0, 0.1) is 0 Å². The van der Waals surface area contributed by atoms with Crippen LogP contribution in [0.25, 0.3) is 12.2 Å². The molecular formula is C22H32B2Br2IrO5P6Y3. The number of halogens is 2. The van der Waals surface area contributed by atoms with E-state index in [0.29, 0.717) is 5.75 Å². The molecule has 6 atom stereocenters. The van der Waals surface area contributed by atoms with E-state index in [1.54, 1.807) is 18.1 Å². The molecule has 2 N–H and O–H groups in total. The van der Waals surface area contributed by atoms with Crippen LogP contribution in [0.1, 0.15) is 38.8 Å². The molecule has 4 rings (SSSR count). The Morgan fingerprint density at radius 3 is 1.93 bits per heavy atom. The molecule has 0 aromatic heterocycles. The van der Waals surface area contributed by atoms with Gasteiger partial charge in [-0.3, -0.25) is 0 Å². The molecule has 6 unspecified atom stereocenters. The number of rotatable bonds is 5. The van der Waals surface area contributed by atoms with E-state index in [0.717, 1.165) is 36.0 Å². The second-order valence-electron chi connectivity index (χ2n) is 8.78. The Labute approximate surface area is 363 Å². The Kier molecular flexibility index (Phi) is 31.9. The topological polar surface area (TPSA) is 68.2 Å². The first kappa shape index (κ1) is 50.4. The zero-order valence-electron chi connectivity index (χ0n) is 23.0. The molecule has 5 nitrogen and oxygen atoms in total. The molecule has 0 bridgehead atoms. The van der Waals surface area contributed by atoms with Gasteiger partial charge in [0.2, 0.25) is 0 Å². The van der Waals surface area contributed by atoms with Crippen LogP contribution in [-0.4, -0.2) is 35.6 Å². The molecule has 2 aromatic rings. The molecular weight excluding hydrogens is 1170 g/mol. The average molecular weight is 1200 g/mol. The van der Waals surface area contributed by atoms with E-state index in [9.17, 15) is 5.11 Å². The minimum Gasteiger partial charge on any atom is -0.532 e. The Morgan fingerprint density at radius 1 is 0.878 bits per heavy atom. The van der Waals surface area contributed by atoms with Crippen molar-refractivity contribution in [2.75, 3.05) is 0 Å². The second-order valence-corrected chi connectivity index (χ2v) is 24.6. The first-order chi connectivity index (χ1) is 17.4. The van der Waals surface area contributed by atoms with Crippen molar-refractivity contribution in [1.29, 1.82) is 0 Å². The predicted octanol–water partition coefficient (Wildman–Crippen LogP) is 8.69. The molecule has 0 amide bonds. The summed E-state index contributed by atoms with van der Waals surface area (Å²) in [5.74, 6) is 4.37. The first-order valence-corrected chi connectivity index (χ1v) is 23.3. The van der Waals surface area contributed by atoms with Gasteiger partial charge in [-0.25, -0.2) is 0 Å². The van der Waals surface area contributed by atoms with Crippen LogP contribution >= 0.6 is 81.5 Å². The summed E-state index contributed by atoms with van der Waals surface area (Å²) in [5, 5.41) is 18.9. The minimum atomic E-state index is -0.807. The summed E-state index contributed by atoms with van der Waals surface area (Å²) in [6, 6.07) is 10.9. The van der Waals surface area contributed by atoms with Crippen LogP contribution in [0.4, 0.5) is 0 Å². The predicted molar refractivity (Wildman–Crippen MR) is 185 cm³/mol. The number of phenols is 1. The molecule has 19 heteroatoms. The first-order valence-electron chi connectivity index (χ1n) is 11.1. The van der Waals surface area contributed by atoms with Crippen molar-refractivity contribution in [2.24, 2.45) is 0 Å². The summed E-state index contributed by atoms with van der Waals surface area (Å²) in [4.78, 5) is 0.